The third kappa shape index (κ3) is 5.13. The van der Waals surface area contributed by atoms with Gasteiger partial charge in [-0.25, -0.2) is 13.2 Å². The van der Waals surface area contributed by atoms with Gasteiger partial charge in [0.25, 0.3) is 0 Å². The molecule has 0 fully saturated rings. The van der Waals surface area contributed by atoms with Crippen LogP contribution < -0.4 is 0 Å². The number of Topliss-reactive ketones (excluding diaryl/α,β-unsaturated/α-hetero) is 1. The van der Waals surface area contributed by atoms with Crippen molar-refractivity contribution in [2.75, 3.05) is 13.2 Å². The third-order valence-electron chi connectivity index (χ3n) is 4.38. The molecule has 0 radical (unpaired) electrons. The molecule has 8 heteroatoms. The normalized spacial score (nSPS) is 13.3. The number of ketones is 1. The number of benzene rings is 2. The molecule has 0 heterocycles. The highest BCUT2D eigenvalue weighted by Crippen LogP contribution is 2.31. The Morgan fingerprint density at radius 2 is 1.41 bits per heavy atom. The smallest absolute Gasteiger partial charge is 0.320 e. The number of rotatable bonds is 9. The molecule has 0 saturated heterocycles. The summed E-state index contributed by atoms with van der Waals surface area (Å²) >= 11 is 0. The zero-order chi connectivity index (χ0) is 21.6. The summed E-state index contributed by atoms with van der Waals surface area (Å²) in [7, 11) is 0. The van der Waals surface area contributed by atoms with Crippen molar-refractivity contribution in [1.82, 2.24) is 0 Å². The van der Waals surface area contributed by atoms with Crippen LogP contribution in [0.4, 0.5) is 13.2 Å². The fourth-order valence-corrected chi connectivity index (χ4v) is 2.99. The standard InChI is InChI=1S/C21H21F3O5/c1-3-28-20(26)16(21(27)29-4-2)15(19(23)24)17(22)18(25)14-10-9-12-7-5-6-8-13(12)11-14/h5-11,15-17,19H,3-4H2,1-2H3. The lowest BCUT2D eigenvalue weighted by atomic mass is 9.84. The second-order valence-corrected chi connectivity index (χ2v) is 6.22. The van der Waals surface area contributed by atoms with Crippen molar-refractivity contribution in [3.05, 3.63) is 48.0 Å². The van der Waals surface area contributed by atoms with E-state index in [0.717, 1.165) is 5.39 Å². The Morgan fingerprint density at radius 1 is 0.862 bits per heavy atom. The monoisotopic (exact) mass is 410 g/mol. The summed E-state index contributed by atoms with van der Waals surface area (Å²) < 4.78 is 51.7. The van der Waals surface area contributed by atoms with Crippen molar-refractivity contribution < 1.29 is 37.0 Å². The van der Waals surface area contributed by atoms with Gasteiger partial charge < -0.3 is 9.47 Å². The molecule has 2 unspecified atom stereocenters. The predicted molar refractivity (Wildman–Crippen MR) is 99.4 cm³/mol. The van der Waals surface area contributed by atoms with Crippen molar-refractivity contribution in [1.29, 1.82) is 0 Å². The molecular weight excluding hydrogens is 389 g/mol. The van der Waals surface area contributed by atoms with Gasteiger partial charge in [0, 0.05) is 5.56 Å². The van der Waals surface area contributed by atoms with Gasteiger partial charge in [-0.05, 0) is 30.7 Å². The number of fused-ring (bicyclic) bond motifs is 1. The van der Waals surface area contributed by atoms with Crippen LogP contribution in [-0.2, 0) is 19.1 Å². The SMILES string of the molecule is CCOC(=O)C(C(=O)OCC)C(C(F)F)C(F)C(=O)c1ccc2ccccc2c1. The molecule has 156 valence electrons. The van der Waals surface area contributed by atoms with E-state index in [1.54, 1.807) is 30.3 Å². The summed E-state index contributed by atoms with van der Waals surface area (Å²) in [6, 6.07) is 11.2. The van der Waals surface area contributed by atoms with Crippen LogP contribution in [0.15, 0.2) is 42.5 Å². The number of esters is 2. The first-order valence-electron chi connectivity index (χ1n) is 9.10. The van der Waals surface area contributed by atoms with Crippen LogP contribution in [0.5, 0.6) is 0 Å². The number of hydrogen-bond acceptors (Lipinski definition) is 5. The van der Waals surface area contributed by atoms with Crippen LogP contribution >= 0.6 is 0 Å². The quantitative estimate of drug-likeness (QED) is 0.355. The van der Waals surface area contributed by atoms with Gasteiger partial charge in [0.2, 0.25) is 6.43 Å². The third-order valence-corrected chi connectivity index (χ3v) is 4.38. The van der Waals surface area contributed by atoms with Crippen LogP contribution in [0.3, 0.4) is 0 Å². The molecular formula is C21H21F3O5. The topological polar surface area (TPSA) is 69.7 Å². The van der Waals surface area contributed by atoms with E-state index >= 15 is 4.39 Å². The molecule has 2 rings (SSSR count). The van der Waals surface area contributed by atoms with Crippen LogP contribution in [0.2, 0.25) is 0 Å². The Hall–Kier alpha value is -2.90. The minimum Gasteiger partial charge on any atom is -0.465 e. The van der Waals surface area contributed by atoms with E-state index in [1.165, 1.54) is 26.0 Å². The van der Waals surface area contributed by atoms with Crippen LogP contribution in [0.25, 0.3) is 10.8 Å². The highest BCUT2D eigenvalue weighted by molar-refractivity contribution is 6.04. The molecule has 2 aromatic rings. The van der Waals surface area contributed by atoms with Gasteiger partial charge in [-0.2, -0.15) is 0 Å². The zero-order valence-corrected chi connectivity index (χ0v) is 15.9. The molecule has 0 spiro atoms. The maximum absolute atomic E-state index is 15.0. The fraction of sp³-hybridized carbons (Fsp3) is 0.381. The van der Waals surface area contributed by atoms with Crippen molar-refractivity contribution in [3.8, 4) is 0 Å². The van der Waals surface area contributed by atoms with Crippen LogP contribution in [0.1, 0.15) is 24.2 Å². The van der Waals surface area contributed by atoms with Crippen LogP contribution in [0, 0.1) is 11.8 Å². The van der Waals surface area contributed by atoms with E-state index in [2.05, 4.69) is 9.47 Å². The van der Waals surface area contributed by atoms with Crippen molar-refractivity contribution in [3.63, 3.8) is 0 Å². The predicted octanol–water partition coefficient (Wildman–Crippen LogP) is 3.98. The highest BCUT2D eigenvalue weighted by Gasteiger charge is 2.49. The molecule has 0 aliphatic rings. The first-order chi connectivity index (χ1) is 13.8. The zero-order valence-electron chi connectivity index (χ0n) is 15.9. The molecule has 2 atom stereocenters. The molecule has 2 aromatic carbocycles. The Balaban J connectivity index is 2.40. The van der Waals surface area contributed by atoms with E-state index in [-0.39, 0.29) is 18.8 Å². The number of ether oxygens (including phenoxy) is 2. The molecule has 0 N–H and O–H groups in total. The molecule has 0 aliphatic carbocycles. The maximum Gasteiger partial charge on any atom is 0.320 e. The van der Waals surface area contributed by atoms with Crippen molar-refractivity contribution in [2.45, 2.75) is 26.4 Å². The van der Waals surface area contributed by atoms with Crippen LogP contribution in [-0.4, -0.2) is 43.5 Å². The van der Waals surface area contributed by atoms with Gasteiger partial charge in [0.1, 0.15) is 0 Å². The minimum atomic E-state index is -3.48. The fourth-order valence-electron chi connectivity index (χ4n) is 2.99. The number of halogens is 3. The van der Waals surface area contributed by atoms with Gasteiger partial charge in [-0.15, -0.1) is 0 Å². The number of hydrogen-bond donors (Lipinski definition) is 0. The van der Waals surface area contributed by atoms with E-state index in [9.17, 15) is 23.2 Å². The second-order valence-electron chi connectivity index (χ2n) is 6.22. The first kappa shape index (κ1) is 22.4. The average molecular weight is 410 g/mol. The molecule has 0 aliphatic heterocycles. The van der Waals surface area contributed by atoms with E-state index in [4.69, 9.17) is 0 Å². The Kier molecular flexibility index (Phi) is 7.75. The molecule has 0 aromatic heterocycles. The molecule has 5 nitrogen and oxygen atoms in total. The average Bonchev–Trinajstić information content (AvgIpc) is 2.70. The molecule has 0 saturated carbocycles. The highest BCUT2D eigenvalue weighted by atomic mass is 19.3. The van der Waals surface area contributed by atoms with E-state index < -0.39 is 42.2 Å². The minimum absolute atomic E-state index is 0.145. The largest absolute Gasteiger partial charge is 0.465 e. The lowest BCUT2D eigenvalue weighted by molar-refractivity contribution is -0.169. The first-order valence-corrected chi connectivity index (χ1v) is 9.10. The summed E-state index contributed by atoms with van der Waals surface area (Å²) in [6.07, 6.45) is -6.29. The summed E-state index contributed by atoms with van der Waals surface area (Å²) in [6.45, 7) is 2.40. The van der Waals surface area contributed by atoms with E-state index in [1.807, 2.05) is 0 Å². The number of alkyl halides is 3. The summed E-state index contributed by atoms with van der Waals surface area (Å²) in [5.74, 6) is -8.75. The molecule has 0 amide bonds. The maximum atomic E-state index is 15.0. The van der Waals surface area contributed by atoms with Crippen molar-refractivity contribution >= 4 is 28.5 Å². The van der Waals surface area contributed by atoms with Gasteiger partial charge in [0.15, 0.2) is 17.9 Å². The summed E-state index contributed by atoms with van der Waals surface area (Å²) in [4.78, 5) is 36.8. The number of carbonyl (C=O) groups is 3. The Bertz CT molecular complexity index is 866. The lowest BCUT2D eigenvalue weighted by Crippen LogP contribution is -2.45. The second kappa shape index (κ2) is 10.0. The Morgan fingerprint density at radius 3 is 1.93 bits per heavy atom. The van der Waals surface area contributed by atoms with Gasteiger partial charge in [-0.1, -0.05) is 36.4 Å². The lowest BCUT2D eigenvalue weighted by Gasteiger charge is -2.25. The van der Waals surface area contributed by atoms with Crippen molar-refractivity contribution in [2.24, 2.45) is 11.8 Å². The molecule has 0 bridgehead atoms. The summed E-state index contributed by atoms with van der Waals surface area (Å²) in [5.41, 5.74) is -0.145. The molecule has 29 heavy (non-hydrogen) atoms. The number of carbonyl (C=O) groups excluding carboxylic acids is 3. The Labute approximate surface area is 165 Å². The van der Waals surface area contributed by atoms with E-state index in [0.29, 0.717) is 5.39 Å². The van der Waals surface area contributed by atoms with Gasteiger partial charge in [0.05, 0.1) is 19.1 Å². The van der Waals surface area contributed by atoms with Gasteiger partial charge >= 0.3 is 11.9 Å². The van der Waals surface area contributed by atoms with Gasteiger partial charge in [-0.3, -0.25) is 14.4 Å². The summed E-state index contributed by atoms with van der Waals surface area (Å²) in [5, 5.41) is 1.40.